The highest BCUT2D eigenvalue weighted by Gasteiger charge is 2.19. The SMILES string of the molecule is Cc1cc2c(cc1C)/C(=N/OCc1ccc([N+](=O)[O-])cc1)CC2. The van der Waals surface area contributed by atoms with Crippen LogP contribution in [0, 0.1) is 24.0 Å². The van der Waals surface area contributed by atoms with Crippen molar-refractivity contribution in [3.8, 4) is 0 Å². The molecule has 0 amide bonds. The molecule has 0 heterocycles. The van der Waals surface area contributed by atoms with Gasteiger partial charge in [-0.15, -0.1) is 0 Å². The average Bonchev–Trinajstić information content (AvgIpc) is 2.90. The lowest BCUT2D eigenvalue weighted by atomic mass is 10.0. The van der Waals surface area contributed by atoms with E-state index in [-0.39, 0.29) is 5.69 Å². The van der Waals surface area contributed by atoms with E-state index in [0.29, 0.717) is 6.61 Å². The molecule has 0 saturated heterocycles. The van der Waals surface area contributed by atoms with Gasteiger partial charge in [-0.3, -0.25) is 10.1 Å². The number of fused-ring (bicyclic) bond motifs is 1. The molecule has 23 heavy (non-hydrogen) atoms. The third kappa shape index (κ3) is 3.23. The van der Waals surface area contributed by atoms with Crippen LogP contribution in [-0.4, -0.2) is 10.6 Å². The van der Waals surface area contributed by atoms with Crippen LogP contribution < -0.4 is 0 Å². The van der Waals surface area contributed by atoms with Crippen molar-refractivity contribution in [3.63, 3.8) is 0 Å². The summed E-state index contributed by atoms with van der Waals surface area (Å²) < 4.78 is 0. The zero-order chi connectivity index (χ0) is 16.4. The molecule has 0 fully saturated rings. The fraction of sp³-hybridized carbons (Fsp3) is 0.278. The molecule has 0 bridgehead atoms. The molecule has 1 aliphatic carbocycles. The molecule has 0 aromatic heterocycles. The summed E-state index contributed by atoms with van der Waals surface area (Å²) in [6, 6.07) is 10.7. The molecule has 0 unspecified atom stereocenters. The summed E-state index contributed by atoms with van der Waals surface area (Å²) in [5.74, 6) is 0. The van der Waals surface area contributed by atoms with Crippen LogP contribution in [0.5, 0.6) is 0 Å². The Balaban J connectivity index is 1.68. The molecule has 0 atom stereocenters. The lowest BCUT2D eigenvalue weighted by Gasteiger charge is -2.06. The van der Waals surface area contributed by atoms with Gasteiger partial charge in [0.15, 0.2) is 0 Å². The van der Waals surface area contributed by atoms with E-state index in [2.05, 4.69) is 31.1 Å². The van der Waals surface area contributed by atoms with Gasteiger partial charge in [-0.1, -0.05) is 11.2 Å². The van der Waals surface area contributed by atoms with Crippen LogP contribution in [0.1, 0.15) is 34.2 Å². The molecule has 0 N–H and O–H groups in total. The van der Waals surface area contributed by atoms with E-state index in [1.807, 2.05) is 0 Å². The minimum atomic E-state index is -0.412. The first-order valence-corrected chi connectivity index (χ1v) is 7.57. The molecule has 5 heteroatoms. The zero-order valence-electron chi connectivity index (χ0n) is 13.2. The second kappa shape index (κ2) is 6.20. The average molecular weight is 310 g/mol. The molecule has 118 valence electrons. The first-order valence-electron chi connectivity index (χ1n) is 7.57. The predicted octanol–water partition coefficient (Wildman–Crippen LogP) is 4.08. The van der Waals surface area contributed by atoms with E-state index in [4.69, 9.17) is 4.84 Å². The summed E-state index contributed by atoms with van der Waals surface area (Å²) in [6.07, 6.45) is 1.88. The molecule has 5 nitrogen and oxygen atoms in total. The Morgan fingerprint density at radius 2 is 1.83 bits per heavy atom. The Labute approximate surface area is 134 Å². The predicted molar refractivity (Wildman–Crippen MR) is 88.7 cm³/mol. The van der Waals surface area contributed by atoms with Gasteiger partial charge in [0.2, 0.25) is 0 Å². The third-order valence-electron chi connectivity index (χ3n) is 4.21. The maximum Gasteiger partial charge on any atom is 0.269 e. The second-order valence-electron chi connectivity index (χ2n) is 5.83. The fourth-order valence-electron chi connectivity index (χ4n) is 2.73. The molecule has 2 aromatic carbocycles. The van der Waals surface area contributed by atoms with E-state index < -0.39 is 4.92 Å². The molecule has 3 rings (SSSR count). The number of hydrogen-bond acceptors (Lipinski definition) is 4. The van der Waals surface area contributed by atoms with Crippen molar-refractivity contribution < 1.29 is 9.76 Å². The van der Waals surface area contributed by atoms with Crippen molar-refractivity contribution in [2.45, 2.75) is 33.3 Å². The van der Waals surface area contributed by atoms with Gasteiger partial charge in [0.1, 0.15) is 6.61 Å². The van der Waals surface area contributed by atoms with Crippen molar-refractivity contribution in [1.29, 1.82) is 0 Å². The summed E-state index contributed by atoms with van der Waals surface area (Å²) >= 11 is 0. The molecule has 0 spiro atoms. The van der Waals surface area contributed by atoms with E-state index in [1.165, 1.54) is 34.4 Å². The summed E-state index contributed by atoms with van der Waals surface area (Å²) in [7, 11) is 0. The fourth-order valence-corrected chi connectivity index (χ4v) is 2.73. The van der Waals surface area contributed by atoms with Gasteiger partial charge in [0.25, 0.3) is 5.69 Å². The van der Waals surface area contributed by atoms with Crippen molar-refractivity contribution in [3.05, 3.63) is 74.3 Å². The number of nitro groups is 1. The number of rotatable bonds is 4. The lowest BCUT2D eigenvalue weighted by molar-refractivity contribution is -0.384. The highest BCUT2D eigenvalue weighted by Crippen LogP contribution is 2.26. The lowest BCUT2D eigenvalue weighted by Crippen LogP contribution is -1.98. The third-order valence-corrected chi connectivity index (χ3v) is 4.21. The Bertz CT molecular complexity index is 780. The molecule has 0 aliphatic heterocycles. The second-order valence-corrected chi connectivity index (χ2v) is 5.83. The number of aryl methyl sites for hydroxylation is 3. The van der Waals surface area contributed by atoms with Crippen LogP contribution >= 0.6 is 0 Å². The van der Waals surface area contributed by atoms with Crippen molar-refractivity contribution in [2.75, 3.05) is 0 Å². The van der Waals surface area contributed by atoms with Crippen molar-refractivity contribution in [2.24, 2.45) is 5.16 Å². The van der Waals surface area contributed by atoms with E-state index >= 15 is 0 Å². The van der Waals surface area contributed by atoms with Crippen LogP contribution in [0.3, 0.4) is 0 Å². The standard InChI is InChI=1S/C18H18N2O3/c1-12-9-15-5-8-18(17(15)10-13(12)2)19-23-11-14-3-6-16(7-4-14)20(21)22/h3-4,6-7,9-10H,5,8,11H2,1-2H3/b19-18+. The Morgan fingerprint density at radius 3 is 2.52 bits per heavy atom. The van der Waals surface area contributed by atoms with Crippen LogP contribution in [0.25, 0.3) is 0 Å². The maximum atomic E-state index is 10.6. The van der Waals surface area contributed by atoms with Gasteiger partial charge in [0.05, 0.1) is 10.6 Å². The van der Waals surface area contributed by atoms with Crippen LogP contribution in [0.15, 0.2) is 41.6 Å². The first kappa shape index (κ1) is 15.2. The number of benzene rings is 2. The van der Waals surface area contributed by atoms with Gasteiger partial charge in [-0.25, -0.2) is 0 Å². The van der Waals surface area contributed by atoms with Crippen molar-refractivity contribution in [1.82, 2.24) is 0 Å². The molecule has 0 saturated carbocycles. The number of hydrogen-bond donors (Lipinski definition) is 0. The first-order chi connectivity index (χ1) is 11.0. The molecule has 2 aromatic rings. The van der Waals surface area contributed by atoms with Gasteiger partial charge in [-0.05, 0) is 67.1 Å². The number of non-ortho nitro benzene ring substituents is 1. The summed E-state index contributed by atoms with van der Waals surface area (Å²) in [4.78, 5) is 15.7. The minimum absolute atomic E-state index is 0.0793. The summed E-state index contributed by atoms with van der Waals surface area (Å²) in [5, 5.41) is 14.9. The highest BCUT2D eigenvalue weighted by atomic mass is 16.6. The topological polar surface area (TPSA) is 64.7 Å². The highest BCUT2D eigenvalue weighted by molar-refractivity contribution is 6.04. The van der Waals surface area contributed by atoms with Crippen molar-refractivity contribution >= 4 is 11.4 Å². The van der Waals surface area contributed by atoms with Gasteiger partial charge >= 0.3 is 0 Å². The van der Waals surface area contributed by atoms with E-state index in [9.17, 15) is 10.1 Å². The summed E-state index contributed by atoms with van der Waals surface area (Å²) in [5.41, 5.74) is 6.98. The van der Waals surface area contributed by atoms with Gasteiger partial charge < -0.3 is 4.84 Å². The van der Waals surface area contributed by atoms with Crippen LogP contribution in [-0.2, 0) is 17.9 Å². The van der Waals surface area contributed by atoms with Gasteiger partial charge in [-0.2, -0.15) is 0 Å². The van der Waals surface area contributed by atoms with Crippen LogP contribution in [0.2, 0.25) is 0 Å². The molecule has 1 aliphatic rings. The van der Waals surface area contributed by atoms with E-state index in [0.717, 1.165) is 24.1 Å². The van der Waals surface area contributed by atoms with Crippen LogP contribution in [0.4, 0.5) is 5.69 Å². The smallest absolute Gasteiger partial charge is 0.269 e. The quantitative estimate of drug-likeness (QED) is 0.631. The Morgan fingerprint density at radius 1 is 1.13 bits per heavy atom. The normalized spacial score (nSPS) is 14.8. The maximum absolute atomic E-state index is 10.6. The number of nitrogens with zero attached hydrogens (tertiary/aromatic N) is 2. The molecular weight excluding hydrogens is 292 g/mol. The monoisotopic (exact) mass is 310 g/mol. The Kier molecular flexibility index (Phi) is 4.10. The number of oxime groups is 1. The summed E-state index contributed by atoms with van der Waals surface area (Å²) in [6.45, 7) is 4.53. The molecule has 0 radical (unpaired) electrons. The number of nitro benzene ring substituents is 1. The Hall–Kier alpha value is -2.69. The minimum Gasteiger partial charge on any atom is -0.391 e. The van der Waals surface area contributed by atoms with E-state index in [1.54, 1.807) is 12.1 Å². The largest absolute Gasteiger partial charge is 0.391 e. The molecular formula is C18H18N2O3. The zero-order valence-corrected chi connectivity index (χ0v) is 13.2. The van der Waals surface area contributed by atoms with Gasteiger partial charge in [0, 0.05) is 17.7 Å².